The van der Waals surface area contributed by atoms with Crippen molar-refractivity contribution in [3.8, 4) is 0 Å². The summed E-state index contributed by atoms with van der Waals surface area (Å²) in [4.78, 5) is 4.70. The maximum atomic E-state index is 4.70. The number of aromatic nitrogens is 1. The summed E-state index contributed by atoms with van der Waals surface area (Å²) in [7, 11) is 0. The maximum Gasteiger partial charge on any atom is 0.0597 e. The van der Waals surface area contributed by atoms with Crippen LogP contribution in [0.1, 0.15) is 43.0 Å². The molecule has 0 amide bonds. The summed E-state index contributed by atoms with van der Waals surface area (Å²) in [6, 6.07) is 21.9. The molecule has 0 saturated heterocycles. The van der Waals surface area contributed by atoms with Crippen molar-refractivity contribution in [3.63, 3.8) is 0 Å². The van der Waals surface area contributed by atoms with Gasteiger partial charge in [-0.3, -0.25) is 4.99 Å². The molecule has 0 bridgehead atoms. The van der Waals surface area contributed by atoms with Crippen LogP contribution in [-0.2, 0) is 6.54 Å². The zero-order valence-corrected chi connectivity index (χ0v) is 19.0. The monoisotopic (exact) mass is 406 g/mol. The van der Waals surface area contributed by atoms with Gasteiger partial charge in [0.05, 0.1) is 6.54 Å². The van der Waals surface area contributed by atoms with Crippen molar-refractivity contribution in [1.82, 2.24) is 4.57 Å². The third-order valence-corrected chi connectivity index (χ3v) is 6.00. The Morgan fingerprint density at radius 3 is 2.10 bits per heavy atom. The number of hydrogen-bond donors (Lipinski definition) is 0. The van der Waals surface area contributed by atoms with E-state index >= 15 is 0 Å². The summed E-state index contributed by atoms with van der Waals surface area (Å²) in [5, 5.41) is 2.53. The van der Waals surface area contributed by atoms with E-state index in [2.05, 4.69) is 99.2 Å². The molecule has 0 unspecified atom stereocenters. The predicted octanol–water partition coefficient (Wildman–Crippen LogP) is 7.57. The van der Waals surface area contributed by atoms with Crippen LogP contribution < -0.4 is 0 Å². The number of benzene rings is 3. The van der Waals surface area contributed by atoms with Gasteiger partial charge in [-0.25, -0.2) is 0 Å². The van der Waals surface area contributed by atoms with Crippen molar-refractivity contribution in [1.29, 1.82) is 0 Å². The molecule has 0 N–H and O–H groups in total. The van der Waals surface area contributed by atoms with Crippen LogP contribution in [0.2, 0.25) is 0 Å². The summed E-state index contributed by atoms with van der Waals surface area (Å²) in [6.45, 7) is 18.4. The summed E-state index contributed by atoms with van der Waals surface area (Å²) in [6.07, 6.45) is 0. The molecule has 2 heteroatoms. The fourth-order valence-corrected chi connectivity index (χ4v) is 4.27. The summed E-state index contributed by atoms with van der Waals surface area (Å²) in [5.74, 6) is 0. The minimum absolute atomic E-state index is 0.668. The lowest BCUT2D eigenvalue weighted by molar-refractivity contribution is 0.827. The van der Waals surface area contributed by atoms with Gasteiger partial charge in [-0.15, -0.1) is 0 Å². The van der Waals surface area contributed by atoms with E-state index in [0.717, 1.165) is 34.5 Å². The Labute approximate surface area is 185 Å². The van der Waals surface area contributed by atoms with Crippen LogP contribution in [0.4, 0.5) is 0 Å². The molecule has 0 saturated carbocycles. The van der Waals surface area contributed by atoms with Gasteiger partial charge in [-0.05, 0) is 79.8 Å². The van der Waals surface area contributed by atoms with Crippen LogP contribution in [0.15, 0.2) is 84.4 Å². The van der Waals surface area contributed by atoms with E-state index in [1.165, 1.54) is 32.9 Å². The highest BCUT2D eigenvalue weighted by molar-refractivity contribution is 6.12. The zero-order valence-electron chi connectivity index (χ0n) is 19.0. The predicted molar refractivity (Wildman–Crippen MR) is 136 cm³/mol. The van der Waals surface area contributed by atoms with Crippen molar-refractivity contribution < 1.29 is 0 Å². The molecular weight excluding hydrogens is 376 g/mol. The van der Waals surface area contributed by atoms with E-state index < -0.39 is 0 Å². The minimum atomic E-state index is 0.668. The molecule has 4 aromatic rings. The van der Waals surface area contributed by atoms with Crippen LogP contribution in [0.5, 0.6) is 0 Å². The van der Waals surface area contributed by atoms with Crippen molar-refractivity contribution in [2.24, 2.45) is 4.99 Å². The molecule has 31 heavy (non-hydrogen) atoms. The van der Waals surface area contributed by atoms with Crippen molar-refractivity contribution >= 4 is 33.1 Å². The second-order valence-corrected chi connectivity index (χ2v) is 8.36. The van der Waals surface area contributed by atoms with Crippen LogP contribution in [0.3, 0.4) is 0 Å². The van der Waals surface area contributed by atoms with E-state index in [1.54, 1.807) is 0 Å². The Balaban J connectivity index is 1.89. The van der Waals surface area contributed by atoms with Crippen molar-refractivity contribution in [2.75, 3.05) is 6.54 Å². The van der Waals surface area contributed by atoms with Crippen molar-refractivity contribution in [2.45, 2.75) is 34.2 Å². The van der Waals surface area contributed by atoms with Gasteiger partial charge in [0.15, 0.2) is 0 Å². The summed E-state index contributed by atoms with van der Waals surface area (Å²) >= 11 is 0. The largest absolute Gasteiger partial charge is 0.341 e. The summed E-state index contributed by atoms with van der Waals surface area (Å²) in [5.41, 5.74) is 10.5. The van der Waals surface area contributed by atoms with Gasteiger partial charge in [0.25, 0.3) is 0 Å². The van der Waals surface area contributed by atoms with Gasteiger partial charge in [0.1, 0.15) is 0 Å². The number of aryl methyl sites for hydroxylation is 2. The van der Waals surface area contributed by atoms with Gasteiger partial charge in [-0.1, -0.05) is 55.1 Å². The second kappa shape index (κ2) is 8.39. The second-order valence-electron chi connectivity index (χ2n) is 8.36. The Kier molecular flexibility index (Phi) is 5.65. The summed E-state index contributed by atoms with van der Waals surface area (Å²) < 4.78 is 2.38. The third-order valence-electron chi connectivity index (χ3n) is 6.00. The van der Waals surface area contributed by atoms with Gasteiger partial charge in [0, 0.05) is 34.1 Å². The molecule has 0 aliphatic rings. The topological polar surface area (TPSA) is 17.3 Å². The maximum absolute atomic E-state index is 4.70. The third kappa shape index (κ3) is 3.86. The highest BCUT2D eigenvalue weighted by atomic mass is 15.0. The van der Waals surface area contributed by atoms with Gasteiger partial charge < -0.3 is 4.57 Å². The molecule has 0 radical (unpaired) electrons. The molecule has 0 spiro atoms. The quantitative estimate of drug-likeness (QED) is 0.232. The number of fused-ring (bicyclic) bond motifs is 3. The van der Waals surface area contributed by atoms with Crippen LogP contribution in [0, 0.1) is 6.92 Å². The van der Waals surface area contributed by atoms with E-state index in [-0.39, 0.29) is 0 Å². The highest BCUT2D eigenvalue weighted by Gasteiger charge is 2.13. The first-order valence-corrected chi connectivity index (χ1v) is 10.9. The SMILES string of the molecule is C=C(C)C/N=C(\C)c1ccc2c(c1)c1cc(C(=C)c3ccccc3C)ccc1n2CC. The first kappa shape index (κ1) is 20.9. The standard InChI is InChI=1S/C29H30N2/c1-7-31-28-14-12-23(21(5)25-11-9-8-10-20(25)4)16-26(28)27-17-24(13-15-29(27)31)22(6)30-18-19(2)3/h8-17H,2,5,7,18H2,1,3-4,6H3/b30-22+. The Morgan fingerprint density at radius 2 is 1.48 bits per heavy atom. The van der Waals surface area contributed by atoms with E-state index in [9.17, 15) is 0 Å². The Hall–Kier alpha value is -3.39. The molecule has 3 aromatic carbocycles. The van der Waals surface area contributed by atoms with Gasteiger partial charge >= 0.3 is 0 Å². The molecule has 156 valence electrons. The number of nitrogens with zero attached hydrogens (tertiary/aromatic N) is 2. The fraction of sp³-hybridized carbons (Fsp3) is 0.207. The molecule has 1 heterocycles. The van der Waals surface area contributed by atoms with Crippen molar-refractivity contribution in [3.05, 3.63) is 102 Å². The number of aliphatic imine (C=N–C) groups is 1. The molecule has 0 fully saturated rings. The number of hydrogen-bond acceptors (Lipinski definition) is 1. The van der Waals surface area contributed by atoms with E-state index in [4.69, 9.17) is 4.99 Å². The fourth-order valence-electron chi connectivity index (χ4n) is 4.27. The Bertz CT molecular complexity index is 1350. The smallest absolute Gasteiger partial charge is 0.0597 e. The molecule has 0 aliphatic heterocycles. The normalized spacial score (nSPS) is 11.9. The average molecular weight is 407 g/mol. The Morgan fingerprint density at radius 1 is 0.871 bits per heavy atom. The van der Waals surface area contributed by atoms with Crippen LogP contribution in [-0.4, -0.2) is 16.8 Å². The molecular formula is C29H30N2. The van der Waals surface area contributed by atoms with Crippen LogP contribution in [0.25, 0.3) is 27.4 Å². The van der Waals surface area contributed by atoms with Gasteiger partial charge in [-0.2, -0.15) is 0 Å². The molecule has 1 aromatic heterocycles. The lowest BCUT2D eigenvalue weighted by atomic mass is 9.94. The first-order chi connectivity index (χ1) is 14.9. The van der Waals surface area contributed by atoms with E-state index in [0.29, 0.717) is 6.54 Å². The highest BCUT2D eigenvalue weighted by Crippen LogP contribution is 2.34. The van der Waals surface area contributed by atoms with Gasteiger partial charge in [0.2, 0.25) is 0 Å². The molecule has 0 atom stereocenters. The number of rotatable bonds is 6. The average Bonchev–Trinajstić information content (AvgIpc) is 3.09. The lowest BCUT2D eigenvalue weighted by Gasteiger charge is -2.10. The minimum Gasteiger partial charge on any atom is -0.341 e. The zero-order chi connectivity index (χ0) is 22.1. The van der Waals surface area contributed by atoms with E-state index in [1.807, 2.05) is 6.92 Å². The molecule has 4 rings (SSSR count). The van der Waals surface area contributed by atoms with Crippen LogP contribution >= 0.6 is 0 Å². The molecule has 0 aliphatic carbocycles. The lowest BCUT2D eigenvalue weighted by Crippen LogP contribution is -1.97. The molecule has 2 nitrogen and oxygen atoms in total. The first-order valence-electron chi connectivity index (χ1n) is 10.9.